The SMILES string of the molecule is CCC(NC(=O)C1CCC(CN)CC1)C(=O)OC. The zero-order valence-electron chi connectivity index (χ0n) is 11.3. The van der Waals surface area contributed by atoms with Crippen LogP contribution in [0.2, 0.25) is 0 Å². The summed E-state index contributed by atoms with van der Waals surface area (Å²) < 4.78 is 4.66. The van der Waals surface area contributed by atoms with Gasteiger partial charge in [0.25, 0.3) is 0 Å². The average Bonchev–Trinajstić information content (AvgIpc) is 2.43. The molecule has 0 spiro atoms. The van der Waals surface area contributed by atoms with E-state index in [1.54, 1.807) is 0 Å². The number of carbonyl (C=O) groups is 2. The van der Waals surface area contributed by atoms with Crippen LogP contribution in [-0.4, -0.2) is 31.6 Å². The molecule has 1 unspecified atom stereocenters. The summed E-state index contributed by atoms with van der Waals surface area (Å²) in [4.78, 5) is 23.4. The van der Waals surface area contributed by atoms with Crippen LogP contribution >= 0.6 is 0 Å². The highest BCUT2D eigenvalue weighted by atomic mass is 16.5. The van der Waals surface area contributed by atoms with Crippen LogP contribution in [0.1, 0.15) is 39.0 Å². The molecule has 1 saturated carbocycles. The first-order valence-corrected chi connectivity index (χ1v) is 6.70. The van der Waals surface area contributed by atoms with E-state index in [0.717, 1.165) is 25.7 Å². The molecule has 5 nitrogen and oxygen atoms in total. The summed E-state index contributed by atoms with van der Waals surface area (Å²) in [5, 5.41) is 2.78. The summed E-state index contributed by atoms with van der Waals surface area (Å²) in [5.74, 6) is 0.173. The maximum atomic E-state index is 12.0. The summed E-state index contributed by atoms with van der Waals surface area (Å²) in [6.07, 6.45) is 4.29. The van der Waals surface area contributed by atoms with Crippen molar-refractivity contribution in [2.45, 2.75) is 45.1 Å². The van der Waals surface area contributed by atoms with E-state index in [1.807, 2.05) is 6.92 Å². The highest BCUT2D eigenvalue weighted by Gasteiger charge is 2.28. The Hall–Kier alpha value is -1.10. The van der Waals surface area contributed by atoms with Gasteiger partial charge in [-0.25, -0.2) is 4.79 Å². The van der Waals surface area contributed by atoms with E-state index >= 15 is 0 Å². The monoisotopic (exact) mass is 256 g/mol. The Morgan fingerprint density at radius 3 is 2.39 bits per heavy atom. The van der Waals surface area contributed by atoms with Gasteiger partial charge in [0.2, 0.25) is 5.91 Å². The lowest BCUT2D eigenvalue weighted by molar-refractivity contribution is -0.145. The number of ether oxygens (including phenoxy) is 1. The number of esters is 1. The topological polar surface area (TPSA) is 81.4 Å². The molecule has 0 aliphatic heterocycles. The molecular formula is C13H24N2O3. The predicted molar refractivity (Wildman–Crippen MR) is 68.7 cm³/mol. The lowest BCUT2D eigenvalue weighted by atomic mass is 9.81. The molecule has 1 aliphatic rings. The predicted octanol–water partition coefficient (Wildman–Crippen LogP) is 0.819. The maximum absolute atomic E-state index is 12.0. The summed E-state index contributed by atoms with van der Waals surface area (Å²) in [6, 6.07) is -0.519. The molecule has 5 heteroatoms. The Kier molecular flexibility index (Phi) is 6.12. The zero-order chi connectivity index (χ0) is 13.5. The molecule has 1 fully saturated rings. The van der Waals surface area contributed by atoms with Crippen molar-refractivity contribution in [3.63, 3.8) is 0 Å². The van der Waals surface area contributed by atoms with E-state index in [9.17, 15) is 9.59 Å². The minimum atomic E-state index is -0.519. The molecule has 0 aromatic heterocycles. The summed E-state index contributed by atoms with van der Waals surface area (Å²) in [7, 11) is 1.34. The molecule has 1 rings (SSSR count). The van der Waals surface area contributed by atoms with Gasteiger partial charge in [-0.3, -0.25) is 4.79 Å². The van der Waals surface area contributed by atoms with Crippen LogP contribution < -0.4 is 11.1 Å². The second kappa shape index (κ2) is 7.36. The maximum Gasteiger partial charge on any atom is 0.328 e. The molecule has 3 N–H and O–H groups in total. The van der Waals surface area contributed by atoms with Gasteiger partial charge in [0.15, 0.2) is 0 Å². The summed E-state index contributed by atoms with van der Waals surface area (Å²) in [5.41, 5.74) is 5.62. The van der Waals surface area contributed by atoms with Crippen LogP contribution in [-0.2, 0) is 14.3 Å². The molecule has 0 aromatic rings. The van der Waals surface area contributed by atoms with Crippen molar-refractivity contribution in [3.8, 4) is 0 Å². The fraction of sp³-hybridized carbons (Fsp3) is 0.846. The molecule has 0 heterocycles. The summed E-state index contributed by atoms with van der Waals surface area (Å²) in [6.45, 7) is 2.56. The van der Waals surface area contributed by atoms with Crippen molar-refractivity contribution in [1.29, 1.82) is 0 Å². The Balaban J connectivity index is 2.43. The minimum absolute atomic E-state index is 0.0199. The van der Waals surface area contributed by atoms with Crippen molar-refractivity contribution in [2.24, 2.45) is 17.6 Å². The number of carbonyl (C=O) groups excluding carboxylic acids is 2. The highest BCUT2D eigenvalue weighted by molar-refractivity contribution is 5.85. The van der Waals surface area contributed by atoms with E-state index in [4.69, 9.17) is 5.73 Å². The van der Waals surface area contributed by atoms with Gasteiger partial charge in [0.05, 0.1) is 7.11 Å². The van der Waals surface area contributed by atoms with Crippen molar-refractivity contribution in [3.05, 3.63) is 0 Å². The lowest BCUT2D eigenvalue weighted by Gasteiger charge is -2.27. The standard InChI is InChI=1S/C13H24N2O3/c1-3-11(13(17)18-2)15-12(16)10-6-4-9(8-14)5-7-10/h9-11H,3-8,14H2,1-2H3,(H,15,16). The Morgan fingerprint density at radius 2 is 1.94 bits per heavy atom. The van der Waals surface area contributed by atoms with Crippen LogP contribution in [0.3, 0.4) is 0 Å². The molecule has 1 atom stereocenters. The number of hydrogen-bond donors (Lipinski definition) is 2. The third-order valence-corrected chi connectivity index (χ3v) is 3.76. The van der Waals surface area contributed by atoms with Crippen LogP contribution in [0.5, 0.6) is 0 Å². The number of nitrogens with one attached hydrogen (secondary N) is 1. The Morgan fingerprint density at radius 1 is 1.33 bits per heavy atom. The smallest absolute Gasteiger partial charge is 0.328 e. The van der Waals surface area contributed by atoms with Gasteiger partial charge in [-0.1, -0.05) is 6.92 Å². The van der Waals surface area contributed by atoms with Crippen LogP contribution in [0.4, 0.5) is 0 Å². The van der Waals surface area contributed by atoms with E-state index in [-0.39, 0.29) is 17.8 Å². The van der Waals surface area contributed by atoms with E-state index in [0.29, 0.717) is 18.9 Å². The van der Waals surface area contributed by atoms with Crippen molar-refractivity contribution < 1.29 is 14.3 Å². The van der Waals surface area contributed by atoms with Gasteiger partial charge in [-0.2, -0.15) is 0 Å². The lowest BCUT2D eigenvalue weighted by Crippen LogP contribution is -2.44. The molecular weight excluding hydrogens is 232 g/mol. The molecule has 0 radical (unpaired) electrons. The molecule has 18 heavy (non-hydrogen) atoms. The van der Waals surface area contributed by atoms with Gasteiger partial charge in [-0.15, -0.1) is 0 Å². The van der Waals surface area contributed by atoms with Crippen molar-refractivity contribution in [1.82, 2.24) is 5.32 Å². The summed E-state index contributed by atoms with van der Waals surface area (Å²) >= 11 is 0. The van der Waals surface area contributed by atoms with Crippen LogP contribution in [0.25, 0.3) is 0 Å². The third-order valence-electron chi connectivity index (χ3n) is 3.76. The number of rotatable bonds is 5. The molecule has 1 aliphatic carbocycles. The molecule has 104 valence electrons. The third kappa shape index (κ3) is 3.98. The molecule has 0 saturated heterocycles. The number of nitrogens with two attached hydrogens (primary N) is 1. The van der Waals surface area contributed by atoms with Gasteiger partial charge in [-0.05, 0) is 44.6 Å². The van der Waals surface area contributed by atoms with Crippen LogP contribution in [0.15, 0.2) is 0 Å². The van der Waals surface area contributed by atoms with Gasteiger partial charge in [0.1, 0.15) is 6.04 Å². The first-order valence-electron chi connectivity index (χ1n) is 6.70. The van der Waals surface area contributed by atoms with E-state index in [1.165, 1.54) is 7.11 Å². The van der Waals surface area contributed by atoms with Crippen molar-refractivity contribution >= 4 is 11.9 Å². The fourth-order valence-corrected chi connectivity index (χ4v) is 2.42. The van der Waals surface area contributed by atoms with Gasteiger partial charge < -0.3 is 15.8 Å². The quantitative estimate of drug-likeness (QED) is 0.714. The Labute approximate surface area is 108 Å². The normalized spacial score (nSPS) is 25.3. The number of methoxy groups -OCH3 is 1. The van der Waals surface area contributed by atoms with Gasteiger partial charge in [0, 0.05) is 5.92 Å². The molecule has 0 bridgehead atoms. The highest BCUT2D eigenvalue weighted by Crippen LogP contribution is 2.28. The van der Waals surface area contributed by atoms with Crippen LogP contribution in [0, 0.1) is 11.8 Å². The average molecular weight is 256 g/mol. The number of hydrogen-bond acceptors (Lipinski definition) is 4. The molecule has 0 aromatic carbocycles. The second-order valence-electron chi connectivity index (χ2n) is 4.95. The largest absolute Gasteiger partial charge is 0.467 e. The minimum Gasteiger partial charge on any atom is -0.467 e. The zero-order valence-corrected chi connectivity index (χ0v) is 11.3. The first kappa shape index (κ1) is 15.0. The Bertz CT molecular complexity index is 286. The number of amides is 1. The first-order chi connectivity index (χ1) is 8.62. The second-order valence-corrected chi connectivity index (χ2v) is 4.95. The van der Waals surface area contributed by atoms with E-state index in [2.05, 4.69) is 10.1 Å². The van der Waals surface area contributed by atoms with Gasteiger partial charge >= 0.3 is 5.97 Å². The van der Waals surface area contributed by atoms with Crippen molar-refractivity contribution in [2.75, 3.05) is 13.7 Å². The fourth-order valence-electron chi connectivity index (χ4n) is 2.42. The van der Waals surface area contributed by atoms with E-state index < -0.39 is 6.04 Å². The molecule has 1 amide bonds.